The molecule has 2 aliphatic heterocycles. The van der Waals surface area contributed by atoms with Crippen molar-refractivity contribution in [1.29, 1.82) is 0 Å². The summed E-state index contributed by atoms with van der Waals surface area (Å²) >= 11 is 0. The molecule has 0 unspecified atom stereocenters. The van der Waals surface area contributed by atoms with Crippen molar-refractivity contribution in [3.05, 3.63) is 30.1 Å². The number of hydrogen-bond acceptors (Lipinski definition) is 3. The topological polar surface area (TPSA) is 49.9 Å². The maximum Gasteiger partial charge on any atom is 0.227 e. The van der Waals surface area contributed by atoms with Crippen LogP contribution in [-0.2, 0) is 14.3 Å². The number of rotatable bonds is 5. The second-order valence-corrected chi connectivity index (χ2v) is 6.99. The third kappa shape index (κ3) is 4.37. The van der Waals surface area contributed by atoms with Crippen LogP contribution in [0.3, 0.4) is 0 Å². The number of benzene rings is 1. The van der Waals surface area contributed by atoms with Crippen LogP contribution in [0.25, 0.3) is 0 Å². The Balaban J connectivity index is 1.54. The number of anilines is 1. The maximum atomic E-state index is 13.4. The fourth-order valence-electron chi connectivity index (χ4n) is 3.60. The van der Waals surface area contributed by atoms with Crippen LogP contribution in [-0.4, -0.2) is 50.1 Å². The van der Waals surface area contributed by atoms with Crippen LogP contribution in [0.4, 0.5) is 10.1 Å². The fraction of sp³-hybridized carbons (Fsp3) is 0.579. The lowest BCUT2D eigenvalue weighted by Gasteiger charge is -2.26. The lowest BCUT2D eigenvalue weighted by molar-refractivity contribution is -0.134. The number of nitrogens with zero attached hydrogens (tertiary/aromatic N) is 2. The summed E-state index contributed by atoms with van der Waals surface area (Å²) in [5, 5.41) is 0. The van der Waals surface area contributed by atoms with Crippen molar-refractivity contribution in [2.24, 2.45) is 11.8 Å². The smallest absolute Gasteiger partial charge is 0.227 e. The summed E-state index contributed by atoms with van der Waals surface area (Å²) in [6.45, 7) is 2.64. The van der Waals surface area contributed by atoms with E-state index in [1.165, 1.54) is 17.0 Å². The van der Waals surface area contributed by atoms with Crippen LogP contribution in [0.5, 0.6) is 0 Å². The monoisotopic (exact) mass is 348 g/mol. The molecule has 0 aromatic heterocycles. The lowest BCUT2D eigenvalue weighted by Crippen LogP contribution is -2.36. The Bertz CT molecular complexity index is 631. The molecule has 2 amide bonds. The van der Waals surface area contributed by atoms with Crippen LogP contribution in [0.15, 0.2) is 24.3 Å². The Morgan fingerprint density at radius 3 is 2.84 bits per heavy atom. The second-order valence-electron chi connectivity index (χ2n) is 6.99. The van der Waals surface area contributed by atoms with Crippen LogP contribution in [0.2, 0.25) is 0 Å². The third-order valence-corrected chi connectivity index (χ3v) is 5.18. The molecule has 0 radical (unpaired) electrons. The van der Waals surface area contributed by atoms with Gasteiger partial charge in [0.1, 0.15) is 5.82 Å². The molecule has 0 aliphatic carbocycles. The number of amides is 2. The quantitative estimate of drug-likeness (QED) is 0.821. The van der Waals surface area contributed by atoms with Crippen molar-refractivity contribution < 1.29 is 18.7 Å². The largest absolute Gasteiger partial charge is 0.381 e. The fourth-order valence-corrected chi connectivity index (χ4v) is 3.60. The molecule has 1 aromatic rings. The zero-order valence-corrected chi connectivity index (χ0v) is 14.6. The van der Waals surface area contributed by atoms with Crippen LogP contribution >= 0.6 is 0 Å². The normalized spacial score (nSPS) is 21.6. The molecule has 6 heteroatoms. The SMILES string of the molecule is CN(CCC1CCOCC1)C(=O)[C@H]1CC(=O)N(c2cccc(F)c2)C1. The molecule has 2 heterocycles. The number of carbonyl (C=O) groups excluding carboxylic acids is 2. The first-order chi connectivity index (χ1) is 12.0. The van der Waals surface area contributed by atoms with Crippen LogP contribution < -0.4 is 4.90 Å². The van der Waals surface area contributed by atoms with Gasteiger partial charge in [0.05, 0.1) is 5.92 Å². The molecule has 136 valence electrons. The second kappa shape index (κ2) is 7.95. The Kier molecular flexibility index (Phi) is 5.68. The Hall–Kier alpha value is -1.95. The van der Waals surface area contributed by atoms with Gasteiger partial charge < -0.3 is 14.5 Å². The minimum Gasteiger partial charge on any atom is -0.381 e. The summed E-state index contributed by atoms with van der Waals surface area (Å²) in [4.78, 5) is 28.2. The summed E-state index contributed by atoms with van der Waals surface area (Å²) in [7, 11) is 1.80. The number of carbonyl (C=O) groups is 2. The minimum atomic E-state index is -0.381. The van der Waals surface area contributed by atoms with Gasteiger partial charge in [-0.1, -0.05) is 6.07 Å². The van der Waals surface area contributed by atoms with E-state index in [1.807, 2.05) is 0 Å². The molecule has 0 saturated carbocycles. The van der Waals surface area contributed by atoms with E-state index in [9.17, 15) is 14.0 Å². The molecule has 2 aliphatic rings. The van der Waals surface area contributed by atoms with Crippen LogP contribution in [0, 0.1) is 17.7 Å². The van der Waals surface area contributed by atoms with Gasteiger partial charge in [-0.2, -0.15) is 0 Å². The van der Waals surface area contributed by atoms with Crippen molar-refractivity contribution in [3.63, 3.8) is 0 Å². The summed E-state index contributed by atoms with van der Waals surface area (Å²) in [5.74, 6) is -0.247. The van der Waals surface area contributed by atoms with E-state index in [-0.39, 0.29) is 30.0 Å². The summed E-state index contributed by atoms with van der Waals surface area (Å²) in [6, 6.07) is 5.95. The summed E-state index contributed by atoms with van der Waals surface area (Å²) in [6.07, 6.45) is 3.27. The predicted molar refractivity (Wildman–Crippen MR) is 92.7 cm³/mol. The average Bonchev–Trinajstić information content (AvgIpc) is 3.01. The van der Waals surface area contributed by atoms with Crippen molar-refractivity contribution in [1.82, 2.24) is 4.90 Å². The molecule has 3 rings (SSSR count). The summed E-state index contributed by atoms with van der Waals surface area (Å²) < 4.78 is 18.7. The van der Waals surface area contributed by atoms with E-state index in [0.29, 0.717) is 24.7 Å². The first kappa shape index (κ1) is 17.9. The van der Waals surface area contributed by atoms with Gasteiger partial charge in [-0.15, -0.1) is 0 Å². The van der Waals surface area contributed by atoms with Crippen molar-refractivity contribution in [3.8, 4) is 0 Å². The van der Waals surface area contributed by atoms with E-state index in [4.69, 9.17) is 4.74 Å². The van der Waals surface area contributed by atoms with Gasteiger partial charge >= 0.3 is 0 Å². The standard InChI is InChI=1S/C19H25FN2O3/c1-21(8-5-14-6-9-25-10-7-14)19(24)15-11-18(23)22(13-15)17-4-2-3-16(20)12-17/h2-4,12,14-15H,5-11,13H2,1H3/t15-/m0/s1. The molecule has 1 atom stereocenters. The van der Waals surface area contributed by atoms with Gasteiger partial charge in [0.15, 0.2) is 0 Å². The van der Waals surface area contributed by atoms with Gasteiger partial charge in [0.25, 0.3) is 0 Å². The minimum absolute atomic E-state index is 0.000637. The van der Waals surface area contributed by atoms with Crippen molar-refractivity contribution >= 4 is 17.5 Å². The van der Waals surface area contributed by atoms with Crippen molar-refractivity contribution in [2.45, 2.75) is 25.7 Å². The molecule has 0 N–H and O–H groups in total. The highest BCUT2D eigenvalue weighted by molar-refractivity contribution is 6.00. The Labute approximate surface area is 147 Å². The molecule has 0 spiro atoms. The highest BCUT2D eigenvalue weighted by Crippen LogP contribution is 2.27. The highest BCUT2D eigenvalue weighted by Gasteiger charge is 2.36. The third-order valence-electron chi connectivity index (χ3n) is 5.18. The average molecular weight is 348 g/mol. The molecule has 5 nitrogen and oxygen atoms in total. The Morgan fingerprint density at radius 1 is 1.36 bits per heavy atom. The highest BCUT2D eigenvalue weighted by atomic mass is 19.1. The van der Waals surface area contributed by atoms with Gasteiger partial charge in [-0.05, 0) is 43.4 Å². The summed E-state index contributed by atoms with van der Waals surface area (Å²) in [5.41, 5.74) is 0.519. The Morgan fingerprint density at radius 2 is 2.12 bits per heavy atom. The molecule has 2 fully saturated rings. The van der Waals surface area contributed by atoms with Crippen LogP contribution in [0.1, 0.15) is 25.7 Å². The molecule has 1 aromatic carbocycles. The van der Waals surface area contributed by atoms with Gasteiger partial charge in [-0.3, -0.25) is 9.59 Å². The molecular weight excluding hydrogens is 323 g/mol. The zero-order valence-electron chi connectivity index (χ0n) is 14.6. The molecular formula is C19H25FN2O3. The van der Waals surface area contributed by atoms with Gasteiger partial charge in [0, 0.05) is 45.5 Å². The number of hydrogen-bond donors (Lipinski definition) is 0. The molecule has 25 heavy (non-hydrogen) atoms. The first-order valence-electron chi connectivity index (χ1n) is 8.93. The molecule has 0 bridgehead atoms. The predicted octanol–water partition coefficient (Wildman–Crippen LogP) is 2.45. The first-order valence-corrected chi connectivity index (χ1v) is 8.93. The lowest BCUT2D eigenvalue weighted by atomic mass is 9.96. The van der Waals surface area contributed by atoms with E-state index in [2.05, 4.69) is 0 Å². The number of halogens is 1. The maximum absolute atomic E-state index is 13.4. The van der Waals surface area contributed by atoms with E-state index in [0.717, 1.165) is 32.5 Å². The van der Waals surface area contributed by atoms with E-state index < -0.39 is 0 Å². The van der Waals surface area contributed by atoms with Gasteiger partial charge in [0.2, 0.25) is 11.8 Å². The van der Waals surface area contributed by atoms with E-state index >= 15 is 0 Å². The van der Waals surface area contributed by atoms with Crippen molar-refractivity contribution in [2.75, 3.05) is 38.3 Å². The van der Waals surface area contributed by atoms with E-state index in [1.54, 1.807) is 24.1 Å². The zero-order chi connectivity index (χ0) is 17.8. The van der Waals surface area contributed by atoms with Gasteiger partial charge in [-0.25, -0.2) is 4.39 Å². The number of ether oxygens (including phenoxy) is 1. The molecule has 2 saturated heterocycles.